The molecule has 0 aliphatic heterocycles. The van der Waals surface area contributed by atoms with Crippen molar-refractivity contribution >= 4 is 5.91 Å². The van der Waals surface area contributed by atoms with Crippen molar-refractivity contribution in [2.45, 2.75) is 39.3 Å². The van der Waals surface area contributed by atoms with Gasteiger partial charge in [0.1, 0.15) is 0 Å². The van der Waals surface area contributed by atoms with Crippen LogP contribution in [0, 0.1) is 0 Å². The van der Waals surface area contributed by atoms with Gasteiger partial charge in [0.25, 0.3) is 0 Å². The van der Waals surface area contributed by atoms with Crippen LogP contribution in [0.4, 0.5) is 0 Å². The minimum atomic E-state index is 0.0282. The van der Waals surface area contributed by atoms with Crippen molar-refractivity contribution in [2.24, 2.45) is 5.73 Å². The third-order valence-corrected chi connectivity index (χ3v) is 1.86. The average molecular weight is 213 g/mol. The lowest BCUT2D eigenvalue weighted by molar-refractivity contribution is -0.122. The Morgan fingerprint density at radius 3 is 2.47 bits per heavy atom. The maximum absolute atomic E-state index is 11.4. The van der Waals surface area contributed by atoms with Gasteiger partial charge in [-0.25, -0.2) is 0 Å². The van der Waals surface area contributed by atoms with E-state index in [1.165, 1.54) is 0 Å². The summed E-state index contributed by atoms with van der Waals surface area (Å²) in [4.78, 5) is 11.4. The van der Waals surface area contributed by atoms with Gasteiger partial charge < -0.3 is 16.4 Å². The molecule has 0 aliphatic carbocycles. The summed E-state index contributed by atoms with van der Waals surface area (Å²) in [5, 5.41) is 6.03. The fourth-order valence-corrected chi connectivity index (χ4v) is 1.16. The molecule has 4 heteroatoms. The normalized spacial score (nSPS) is 12.6. The highest BCUT2D eigenvalue weighted by Gasteiger charge is 2.11. The molecule has 88 valence electrons. The molecule has 0 heterocycles. The molecule has 0 saturated heterocycles. The van der Waals surface area contributed by atoms with E-state index in [2.05, 4.69) is 17.2 Å². The summed E-state index contributed by atoms with van der Waals surface area (Å²) < 4.78 is 0. The Morgan fingerprint density at radius 2 is 2.07 bits per heavy atom. The lowest BCUT2D eigenvalue weighted by atomic mass is 10.2. The van der Waals surface area contributed by atoms with Crippen LogP contribution in [0.25, 0.3) is 0 Å². The van der Waals surface area contributed by atoms with Crippen molar-refractivity contribution < 1.29 is 4.79 Å². The second-order valence-electron chi connectivity index (χ2n) is 4.20. The van der Waals surface area contributed by atoms with E-state index in [1.807, 2.05) is 20.8 Å². The van der Waals surface area contributed by atoms with Gasteiger partial charge in [-0.2, -0.15) is 0 Å². The van der Waals surface area contributed by atoms with Crippen LogP contribution in [0.3, 0.4) is 0 Å². The summed E-state index contributed by atoms with van der Waals surface area (Å²) in [6.07, 6.45) is 0.419. The summed E-state index contributed by atoms with van der Waals surface area (Å²) >= 11 is 0. The number of amides is 1. The van der Waals surface area contributed by atoms with Crippen molar-refractivity contribution in [3.63, 3.8) is 0 Å². The van der Waals surface area contributed by atoms with Crippen LogP contribution in [0.5, 0.6) is 0 Å². The number of carbonyl (C=O) groups excluding carboxylic acids is 1. The quantitative estimate of drug-likeness (QED) is 0.536. The Labute approximate surface area is 92.3 Å². The van der Waals surface area contributed by atoms with E-state index in [1.54, 1.807) is 0 Å². The zero-order valence-corrected chi connectivity index (χ0v) is 9.97. The van der Waals surface area contributed by atoms with Crippen LogP contribution in [0.1, 0.15) is 27.2 Å². The molecule has 0 bridgehead atoms. The summed E-state index contributed by atoms with van der Waals surface area (Å²) in [6, 6.07) is 0.206. The van der Waals surface area contributed by atoms with E-state index in [-0.39, 0.29) is 18.0 Å². The second-order valence-corrected chi connectivity index (χ2v) is 4.20. The molecule has 0 saturated carbocycles. The summed E-state index contributed by atoms with van der Waals surface area (Å²) in [5.41, 5.74) is 6.61. The SMILES string of the molecule is C=C(C)CNC(CN)CC(=O)NC(C)C. The summed E-state index contributed by atoms with van der Waals surface area (Å²) in [6.45, 7) is 10.8. The number of carbonyl (C=O) groups is 1. The first-order valence-corrected chi connectivity index (χ1v) is 5.33. The number of rotatable bonds is 7. The molecule has 0 fully saturated rings. The predicted molar refractivity (Wildman–Crippen MR) is 63.6 cm³/mol. The topological polar surface area (TPSA) is 67.1 Å². The summed E-state index contributed by atoms with van der Waals surface area (Å²) in [7, 11) is 0. The Bertz CT molecular complexity index is 214. The average Bonchev–Trinajstić information content (AvgIpc) is 2.10. The Hall–Kier alpha value is -0.870. The van der Waals surface area contributed by atoms with E-state index in [9.17, 15) is 4.79 Å². The van der Waals surface area contributed by atoms with Gasteiger partial charge in [0.2, 0.25) is 5.91 Å². The van der Waals surface area contributed by atoms with E-state index < -0.39 is 0 Å². The fraction of sp³-hybridized carbons (Fsp3) is 0.727. The Kier molecular flexibility index (Phi) is 6.99. The van der Waals surface area contributed by atoms with Gasteiger partial charge in [0, 0.05) is 31.6 Å². The molecule has 1 unspecified atom stereocenters. The lowest BCUT2D eigenvalue weighted by Gasteiger charge is -2.17. The zero-order chi connectivity index (χ0) is 11.8. The van der Waals surface area contributed by atoms with Gasteiger partial charge in [-0.05, 0) is 20.8 Å². The second kappa shape index (κ2) is 7.43. The molecule has 0 aromatic carbocycles. The monoisotopic (exact) mass is 213 g/mol. The van der Waals surface area contributed by atoms with Crippen LogP contribution >= 0.6 is 0 Å². The van der Waals surface area contributed by atoms with E-state index >= 15 is 0 Å². The van der Waals surface area contributed by atoms with E-state index in [4.69, 9.17) is 5.73 Å². The number of nitrogens with two attached hydrogens (primary N) is 1. The van der Waals surface area contributed by atoms with Gasteiger partial charge in [0.15, 0.2) is 0 Å². The van der Waals surface area contributed by atoms with Crippen LogP contribution < -0.4 is 16.4 Å². The van der Waals surface area contributed by atoms with Gasteiger partial charge >= 0.3 is 0 Å². The van der Waals surface area contributed by atoms with Crippen LogP contribution in [-0.4, -0.2) is 31.1 Å². The fourth-order valence-electron chi connectivity index (χ4n) is 1.16. The van der Waals surface area contributed by atoms with Crippen LogP contribution in [-0.2, 0) is 4.79 Å². The maximum atomic E-state index is 11.4. The lowest BCUT2D eigenvalue weighted by Crippen LogP contribution is -2.42. The van der Waals surface area contributed by atoms with Crippen LogP contribution in [0.15, 0.2) is 12.2 Å². The maximum Gasteiger partial charge on any atom is 0.221 e. The first-order valence-electron chi connectivity index (χ1n) is 5.33. The predicted octanol–water partition coefficient (Wildman–Crippen LogP) is 0.394. The number of nitrogens with one attached hydrogen (secondary N) is 2. The van der Waals surface area contributed by atoms with E-state index in [0.29, 0.717) is 19.5 Å². The largest absolute Gasteiger partial charge is 0.354 e. The van der Waals surface area contributed by atoms with Crippen LogP contribution in [0.2, 0.25) is 0 Å². The molecular formula is C11H23N3O. The van der Waals surface area contributed by atoms with Gasteiger partial charge in [0.05, 0.1) is 0 Å². The standard InChI is InChI=1S/C11H23N3O/c1-8(2)7-13-10(6-12)5-11(15)14-9(3)4/h9-10,13H,1,5-7,12H2,2-4H3,(H,14,15). The molecule has 4 N–H and O–H groups in total. The van der Waals surface area contributed by atoms with Crippen molar-refractivity contribution in [1.29, 1.82) is 0 Å². The van der Waals surface area contributed by atoms with Crippen molar-refractivity contribution in [2.75, 3.05) is 13.1 Å². The highest BCUT2D eigenvalue weighted by atomic mass is 16.1. The molecule has 0 spiro atoms. The Balaban J connectivity index is 3.87. The van der Waals surface area contributed by atoms with Gasteiger partial charge in [-0.3, -0.25) is 4.79 Å². The first kappa shape index (κ1) is 14.1. The molecule has 0 rings (SSSR count). The highest BCUT2D eigenvalue weighted by molar-refractivity contribution is 5.76. The molecule has 15 heavy (non-hydrogen) atoms. The molecule has 0 aliphatic rings. The highest BCUT2D eigenvalue weighted by Crippen LogP contribution is 1.93. The molecule has 1 amide bonds. The summed E-state index contributed by atoms with van der Waals surface area (Å²) in [5.74, 6) is 0.0367. The third kappa shape index (κ3) is 8.15. The third-order valence-electron chi connectivity index (χ3n) is 1.86. The molecule has 1 atom stereocenters. The smallest absolute Gasteiger partial charge is 0.221 e. The molecule has 0 aromatic heterocycles. The zero-order valence-electron chi connectivity index (χ0n) is 9.97. The van der Waals surface area contributed by atoms with Crippen molar-refractivity contribution in [3.8, 4) is 0 Å². The van der Waals surface area contributed by atoms with Crippen molar-refractivity contribution in [1.82, 2.24) is 10.6 Å². The van der Waals surface area contributed by atoms with Gasteiger partial charge in [-0.1, -0.05) is 12.2 Å². The minimum Gasteiger partial charge on any atom is -0.354 e. The molecule has 0 radical (unpaired) electrons. The van der Waals surface area contributed by atoms with E-state index in [0.717, 1.165) is 5.57 Å². The van der Waals surface area contributed by atoms with Gasteiger partial charge in [-0.15, -0.1) is 0 Å². The first-order chi connectivity index (χ1) is 6.95. The minimum absolute atomic E-state index is 0.0282. The molecular weight excluding hydrogens is 190 g/mol. The number of hydrogen-bond donors (Lipinski definition) is 3. The molecule has 4 nitrogen and oxygen atoms in total. The Morgan fingerprint density at radius 1 is 1.47 bits per heavy atom. The number of hydrogen-bond acceptors (Lipinski definition) is 3. The molecule has 0 aromatic rings. The van der Waals surface area contributed by atoms with Crippen molar-refractivity contribution in [3.05, 3.63) is 12.2 Å².